The zero-order valence-corrected chi connectivity index (χ0v) is 13.7. The zero-order valence-electron chi connectivity index (χ0n) is 11.3. The highest BCUT2D eigenvalue weighted by atomic mass is 35.5. The van der Waals surface area contributed by atoms with Crippen LogP contribution in [0.25, 0.3) is 0 Å². The Morgan fingerprint density at radius 2 is 2.23 bits per heavy atom. The summed E-state index contributed by atoms with van der Waals surface area (Å²) in [5.41, 5.74) is 0.484. The van der Waals surface area contributed by atoms with Crippen LogP contribution in [0.5, 0.6) is 0 Å². The van der Waals surface area contributed by atoms with Gasteiger partial charge < -0.3 is 4.90 Å². The van der Waals surface area contributed by atoms with E-state index < -0.39 is 21.6 Å². The molecule has 0 aromatic heterocycles. The van der Waals surface area contributed by atoms with E-state index in [0.717, 1.165) is 0 Å². The molecule has 2 aliphatic heterocycles. The molecule has 1 amide bonds. The summed E-state index contributed by atoms with van der Waals surface area (Å²) in [6.45, 7) is 0. The molecule has 2 atom stereocenters. The lowest BCUT2D eigenvalue weighted by Gasteiger charge is -2.24. The molecule has 0 unspecified atom stereocenters. The Kier molecular flexibility index (Phi) is 4.17. The summed E-state index contributed by atoms with van der Waals surface area (Å²) >= 11 is 6.71. The van der Waals surface area contributed by atoms with E-state index in [1.54, 1.807) is 11.0 Å². The van der Waals surface area contributed by atoms with Crippen molar-refractivity contribution in [1.82, 2.24) is 0 Å². The van der Waals surface area contributed by atoms with Crippen molar-refractivity contribution in [3.05, 3.63) is 30.1 Å². The maximum atomic E-state index is 13.5. The van der Waals surface area contributed by atoms with Crippen LogP contribution in [0.3, 0.4) is 0 Å². The van der Waals surface area contributed by atoms with Crippen molar-refractivity contribution >= 4 is 50.0 Å². The molecule has 0 radical (unpaired) electrons. The minimum Gasteiger partial charge on any atom is -0.315 e. The van der Waals surface area contributed by atoms with Crippen molar-refractivity contribution in [2.75, 3.05) is 22.3 Å². The van der Waals surface area contributed by atoms with Crippen LogP contribution in [-0.4, -0.2) is 48.2 Å². The van der Waals surface area contributed by atoms with E-state index in [9.17, 15) is 17.6 Å². The van der Waals surface area contributed by atoms with Gasteiger partial charge in [0.15, 0.2) is 15.0 Å². The van der Waals surface area contributed by atoms with E-state index in [0.29, 0.717) is 10.9 Å². The first kappa shape index (κ1) is 15.8. The molecule has 2 aliphatic rings. The standard InChI is InChI=1S/C13H12ClFN2O3S2/c14-5-12(18)16-13-17(9-3-1-2-8(15)4-9)10-6-22(19,20)7-11(10)21-13/h1-4,10-11H,5-7H2/t10-,11+/m1/s1. The molecule has 0 N–H and O–H groups in total. The lowest BCUT2D eigenvalue weighted by Crippen LogP contribution is -2.37. The number of aliphatic imine (C=N–C) groups is 1. The summed E-state index contributed by atoms with van der Waals surface area (Å²) in [6, 6.07) is 5.45. The molecule has 5 nitrogen and oxygen atoms in total. The van der Waals surface area contributed by atoms with Crippen molar-refractivity contribution in [2.45, 2.75) is 11.3 Å². The topological polar surface area (TPSA) is 66.8 Å². The van der Waals surface area contributed by atoms with Gasteiger partial charge in [-0.25, -0.2) is 12.8 Å². The minimum absolute atomic E-state index is 0.0300. The zero-order chi connectivity index (χ0) is 15.9. The predicted octanol–water partition coefficient (Wildman–Crippen LogP) is 1.67. The lowest BCUT2D eigenvalue weighted by atomic mass is 10.2. The molecule has 1 aromatic carbocycles. The average Bonchev–Trinajstić information content (AvgIpc) is 2.89. The number of rotatable bonds is 2. The van der Waals surface area contributed by atoms with Gasteiger partial charge in [-0.05, 0) is 18.2 Å². The van der Waals surface area contributed by atoms with Crippen molar-refractivity contribution in [3.63, 3.8) is 0 Å². The van der Waals surface area contributed by atoms with E-state index in [-0.39, 0.29) is 28.7 Å². The molecule has 2 heterocycles. The number of sulfone groups is 1. The molecule has 3 rings (SSSR count). The smallest absolute Gasteiger partial charge is 0.262 e. The van der Waals surface area contributed by atoms with E-state index in [1.807, 2.05) is 0 Å². The molecule has 2 saturated heterocycles. The number of carbonyl (C=O) groups is 1. The van der Waals surface area contributed by atoms with Crippen LogP contribution in [0, 0.1) is 5.82 Å². The van der Waals surface area contributed by atoms with Gasteiger partial charge in [-0.1, -0.05) is 17.8 Å². The van der Waals surface area contributed by atoms with Gasteiger partial charge in [0, 0.05) is 10.9 Å². The fraction of sp³-hybridized carbons (Fsp3) is 0.385. The van der Waals surface area contributed by atoms with Gasteiger partial charge in [-0.3, -0.25) is 4.79 Å². The van der Waals surface area contributed by atoms with Gasteiger partial charge >= 0.3 is 0 Å². The number of nitrogens with zero attached hydrogens (tertiary/aromatic N) is 2. The number of anilines is 1. The Morgan fingerprint density at radius 1 is 1.45 bits per heavy atom. The quantitative estimate of drug-likeness (QED) is 0.749. The number of hydrogen-bond acceptors (Lipinski definition) is 4. The minimum atomic E-state index is -3.14. The highest BCUT2D eigenvalue weighted by Crippen LogP contribution is 2.41. The average molecular weight is 363 g/mol. The lowest BCUT2D eigenvalue weighted by molar-refractivity contribution is -0.115. The van der Waals surface area contributed by atoms with Gasteiger partial charge in [-0.15, -0.1) is 11.6 Å². The summed E-state index contributed by atoms with van der Waals surface area (Å²) in [6.07, 6.45) is 0. The Hall–Kier alpha value is -1.12. The maximum absolute atomic E-state index is 13.5. The molecule has 0 bridgehead atoms. The largest absolute Gasteiger partial charge is 0.315 e. The predicted molar refractivity (Wildman–Crippen MR) is 85.9 cm³/mol. The third-order valence-corrected chi connectivity index (χ3v) is 6.93. The molecule has 1 aromatic rings. The van der Waals surface area contributed by atoms with Crippen LogP contribution in [0.1, 0.15) is 0 Å². The summed E-state index contributed by atoms with van der Waals surface area (Å²) in [5, 5.41) is 0.163. The number of amides is 1. The van der Waals surface area contributed by atoms with Crippen molar-refractivity contribution < 1.29 is 17.6 Å². The molecule has 0 saturated carbocycles. The van der Waals surface area contributed by atoms with E-state index in [4.69, 9.17) is 11.6 Å². The molecule has 0 aliphatic carbocycles. The number of halogens is 2. The number of benzene rings is 1. The number of fused-ring (bicyclic) bond motifs is 1. The first-order valence-electron chi connectivity index (χ1n) is 6.49. The molecular formula is C13H12ClFN2O3S2. The highest BCUT2D eigenvalue weighted by Gasteiger charge is 2.49. The van der Waals surface area contributed by atoms with Gasteiger partial charge in [0.1, 0.15) is 11.7 Å². The second-order valence-electron chi connectivity index (χ2n) is 5.07. The van der Waals surface area contributed by atoms with E-state index in [2.05, 4.69) is 4.99 Å². The maximum Gasteiger partial charge on any atom is 0.262 e. The number of carbonyl (C=O) groups excluding carboxylic acids is 1. The Balaban J connectivity index is 2.03. The fourth-order valence-electron chi connectivity index (χ4n) is 2.63. The summed E-state index contributed by atoms with van der Waals surface area (Å²) in [5.74, 6) is -1.20. The molecule has 0 spiro atoms. The monoisotopic (exact) mass is 362 g/mol. The van der Waals surface area contributed by atoms with Crippen molar-refractivity contribution in [2.24, 2.45) is 4.99 Å². The Labute approximate surface area is 136 Å². The molecular weight excluding hydrogens is 351 g/mol. The van der Waals surface area contributed by atoms with Crippen molar-refractivity contribution in [1.29, 1.82) is 0 Å². The van der Waals surface area contributed by atoms with Crippen LogP contribution < -0.4 is 4.90 Å². The van der Waals surface area contributed by atoms with Crippen LogP contribution in [0.4, 0.5) is 10.1 Å². The van der Waals surface area contributed by atoms with Crippen LogP contribution in [0.2, 0.25) is 0 Å². The molecule has 2 fully saturated rings. The third kappa shape index (κ3) is 3.00. The molecule has 22 heavy (non-hydrogen) atoms. The van der Waals surface area contributed by atoms with E-state index >= 15 is 0 Å². The first-order chi connectivity index (χ1) is 10.4. The highest BCUT2D eigenvalue weighted by molar-refractivity contribution is 8.16. The first-order valence-corrected chi connectivity index (χ1v) is 9.72. The summed E-state index contributed by atoms with van der Waals surface area (Å²) in [7, 11) is -3.14. The second-order valence-corrected chi connectivity index (χ2v) is 8.70. The SMILES string of the molecule is O=C(CCl)N=C1S[C@H]2CS(=O)(=O)C[C@H]2N1c1cccc(F)c1. The van der Waals surface area contributed by atoms with Crippen molar-refractivity contribution in [3.8, 4) is 0 Å². The molecule has 118 valence electrons. The van der Waals surface area contributed by atoms with Gasteiger partial charge in [0.25, 0.3) is 5.91 Å². The normalized spacial score (nSPS) is 28.1. The van der Waals surface area contributed by atoms with Gasteiger partial charge in [-0.2, -0.15) is 4.99 Å². The third-order valence-electron chi connectivity index (χ3n) is 3.49. The Bertz CT molecular complexity index is 753. The van der Waals surface area contributed by atoms with Crippen LogP contribution in [0.15, 0.2) is 29.3 Å². The van der Waals surface area contributed by atoms with Gasteiger partial charge in [0.2, 0.25) is 0 Å². The van der Waals surface area contributed by atoms with Gasteiger partial charge in [0.05, 0.1) is 17.5 Å². The number of hydrogen-bond donors (Lipinski definition) is 0. The summed E-state index contributed by atoms with van der Waals surface area (Å²) < 4.78 is 37.2. The second kappa shape index (κ2) is 5.82. The van der Waals surface area contributed by atoms with Crippen LogP contribution in [-0.2, 0) is 14.6 Å². The summed E-state index contributed by atoms with van der Waals surface area (Å²) in [4.78, 5) is 17.1. The molecule has 9 heteroatoms. The number of alkyl halides is 1. The Morgan fingerprint density at radius 3 is 2.91 bits per heavy atom. The fourth-order valence-corrected chi connectivity index (χ4v) is 6.62. The number of thioether (sulfide) groups is 1. The number of amidine groups is 1. The van der Waals surface area contributed by atoms with E-state index in [1.165, 1.54) is 30.0 Å². The van der Waals surface area contributed by atoms with Crippen LogP contribution >= 0.6 is 23.4 Å².